The zero-order valence-corrected chi connectivity index (χ0v) is 10.5. The van der Waals surface area contributed by atoms with Crippen LogP contribution >= 0.6 is 11.8 Å². The molecule has 1 aromatic rings. The Hall–Kier alpha value is -1.53. The summed E-state index contributed by atoms with van der Waals surface area (Å²) in [4.78, 5) is 22.7. The second-order valence-electron chi connectivity index (χ2n) is 3.85. The van der Waals surface area contributed by atoms with Crippen molar-refractivity contribution >= 4 is 23.7 Å². The van der Waals surface area contributed by atoms with Crippen molar-refractivity contribution < 1.29 is 19.4 Å². The van der Waals surface area contributed by atoms with Gasteiger partial charge in [0.1, 0.15) is 5.25 Å². The number of methoxy groups -OCH3 is 1. The average Bonchev–Trinajstić information content (AvgIpc) is 2.84. The first-order valence-electron chi connectivity index (χ1n) is 5.40. The maximum atomic E-state index is 11.7. The Kier molecular flexibility index (Phi) is 3.88. The second-order valence-corrected chi connectivity index (χ2v) is 5.10. The van der Waals surface area contributed by atoms with Crippen molar-refractivity contribution in [2.75, 3.05) is 7.11 Å². The Bertz CT molecular complexity index is 451. The Morgan fingerprint density at radius 3 is 2.56 bits per heavy atom. The molecule has 3 atom stereocenters. The number of rotatable bonds is 3. The van der Waals surface area contributed by atoms with E-state index in [1.165, 1.54) is 7.11 Å². The molecule has 2 rings (SSSR count). The van der Waals surface area contributed by atoms with E-state index < -0.39 is 22.6 Å². The molecular formula is C12H13NO4S. The molecule has 0 aliphatic carbocycles. The van der Waals surface area contributed by atoms with Gasteiger partial charge in [0.25, 0.3) is 0 Å². The van der Waals surface area contributed by atoms with Gasteiger partial charge in [-0.05, 0) is 5.56 Å². The molecule has 1 heterocycles. The Morgan fingerprint density at radius 1 is 1.33 bits per heavy atom. The van der Waals surface area contributed by atoms with Crippen LogP contribution < -0.4 is 5.32 Å². The molecule has 0 amide bonds. The van der Waals surface area contributed by atoms with Gasteiger partial charge in [-0.3, -0.25) is 10.1 Å². The van der Waals surface area contributed by atoms with Crippen molar-refractivity contribution in [1.82, 2.24) is 5.32 Å². The van der Waals surface area contributed by atoms with Gasteiger partial charge in [0.05, 0.1) is 13.2 Å². The highest BCUT2D eigenvalue weighted by molar-refractivity contribution is 8.02. The van der Waals surface area contributed by atoms with Gasteiger partial charge in [0, 0.05) is 0 Å². The predicted octanol–water partition coefficient (Wildman–Crippen LogP) is 1.02. The first-order chi connectivity index (χ1) is 8.63. The highest BCUT2D eigenvalue weighted by atomic mass is 32.2. The first kappa shape index (κ1) is 12.9. The molecule has 0 saturated carbocycles. The number of hydrogen-bond acceptors (Lipinski definition) is 5. The van der Waals surface area contributed by atoms with Crippen molar-refractivity contribution in [3.8, 4) is 0 Å². The highest BCUT2D eigenvalue weighted by Gasteiger charge is 2.43. The van der Waals surface area contributed by atoms with Crippen molar-refractivity contribution in [3.05, 3.63) is 35.9 Å². The van der Waals surface area contributed by atoms with E-state index >= 15 is 0 Å². The molecule has 96 valence electrons. The van der Waals surface area contributed by atoms with E-state index in [9.17, 15) is 9.59 Å². The number of benzene rings is 1. The summed E-state index contributed by atoms with van der Waals surface area (Å²) in [5.41, 5.74) is 0.879. The summed E-state index contributed by atoms with van der Waals surface area (Å²) < 4.78 is 4.72. The van der Waals surface area contributed by atoms with E-state index in [1.54, 1.807) is 0 Å². The van der Waals surface area contributed by atoms with Gasteiger partial charge < -0.3 is 9.84 Å². The molecule has 2 N–H and O–H groups in total. The lowest BCUT2D eigenvalue weighted by Crippen LogP contribution is -2.32. The molecule has 1 fully saturated rings. The number of thioether (sulfide) groups is 1. The summed E-state index contributed by atoms with van der Waals surface area (Å²) in [6, 6.07) is 8.95. The topological polar surface area (TPSA) is 75.6 Å². The summed E-state index contributed by atoms with van der Waals surface area (Å²) in [7, 11) is 1.30. The van der Waals surface area contributed by atoms with Crippen LogP contribution in [0.5, 0.6) is 0 Å². The highest BCUT2D eigenvalue weighted by Crippen LogP contribution is 2.37. The number of carboxylic acids is 1. The molecule has 18 heavy (non-hydrogen) atoms. The number of ether oxygens (including phenoxy) is 1. The van der Waals surface area contributed by atoms with Crippen LogP contribution in [0.3, 0.4) is 0 Å². The van der Waals surface area contributed by atoms with Crippen LogP contribution in [0.1, 0.15) is 11.6 Å². The maximum Gasteiger partial charge on any atom is 0.331 e. The summed E-state index contributed by atoms with van der Waals surface area (Å²) in [6.45, 7) is 0. The Balaban J connectivity index is 2.26. The minimum atomic E-state index is -0.979. The van der Waals surface area contributed by atoms with Gasteiger partial charge in [-0.2, -0.15) is 0 Å². The van der Waals surface area contributed by atoms with Crippen LogP contribution in [-0.4, -0.2) is 34.8 Å². The van der Waals surface area contributed by atoms with Crippen molar-refractivity contribution in [3.63, 3.8) is 0 Å². The maximum absolute atomic E-state index is 11.7. The number of carboxylic acid groups (broad SMARTS) is 1. The molecule has 0 bridgehead atoms. The zero-order chi connectivity index (χ0) is 13.1. The van der Waals surface area contributed by atoms with Crippen molar-refractivity contribution in [2.45, 2.75) is 16.7 Å². The SMILES string of the molecule is COC(=O)C1SC(C(=O)O)N[C@H]1c1ccccc1. The summed E-state index contributed by atoms with van der Waals surface area (Å²) >= 11 is 1.07. The minimum Gasteiger partial charge on any atom is -0.479 e. The van der Waals surface area contributed by atoms with E-state index in [2.05, 4.69) is 5.32 Å². The largest absolute Gasteiger partial charge is 0.479 e. The lowest BCUT2D eigenvalue weighted by Gasteiger charge is -2.16. The fraction of sp³-hybridized carbons (Fsp3) is 0.333. The third-order valence-corrected chi connectivity index (χ3v) is 4.10. The molecule has 1 saturated heterocycles. The molecule has 0 radical (unpaired) electrons. The monoisotopic (exact) mass is 267 g/mol. The van der Waals surface area contributed by atoms with Crippen LogP contribution in [0.2, 0.25) is 0 Å². The molecule has 5 nitrogen and oxygen atoms in total. The fourth-order valence-corrected chi connectivity index (χ4v) is 3.12. The molecule has 1 aliphatic heterocycles. The fourth-order valence-electron chi connectivity index (χ4n) is 1.88. The average molecular weight is 267 g/mol. The van der Waals surface area contributed by atoms with Crippen LogP contribution in [-0.2, 0) is 14.3 Å². The molecule has 6 heteroatoms. The van der Waals surface area contributed by atoms with Crippen LogP contribution in [0.4, 0.5) is 0 Å². The zero-order valence-electron chi connectivity index (χ0n) is 9.70. The van der Waals surface area contributed by atoms with Crippen LogP contribution in [0, 0.1) is 0 Å². The smallest absolute Gasteiger partial charge is 0.331 e. The first-order valence-corrected chi connectivity index (χ1v) is 6.35. The second kappa shape index (κ2) is 5.41. The van der Waals surface area contributed by atoms with Crippen LogP contribution in [0.15, 0.2) is 30.3 Å². The number of esters is 1. The Labute approximate surface area is 109 Å². The summed E-state index contributed by atoms with van der Waals surface area (Å²) in [5, 5.41) is 10.6. The number of carbonyl (C=O) groups is 2. The van der Waals surface area contributed by atoms with Gasteiger partial charge in [0.15, 0.2) is 5.37 Å². The van der Waals surface area contributed by atoms with Gasteiger partial charge >= 0.3 is 11.9 Å². The lowest BCUT2D eigenvalue weighted by molar-refractivity contribution is -0.141. The van der Waals surface area contributed by atoms with E-state index in [4.69, 9.17) is 9.84 Å². The third kappa shape index (κ3) is 2.49. The van der Waals surface area contributed by atoms with Crippen molar-refractivity contribution in [2.24, 2.45) is 0 Å². The van der Waals surface area contributed by atoms with E-state index in [0.717, 1.165) is 17.3 Å². The number of aliphatic carboxylic acids is 1. The summed E-state index contributed by atoms with van der Waals surface area (Å²) in [5.74, 6) is -1.39. The molecule has 1 aliphatic rings. The summed E-state index contributed by atoms with van der Waals surface area (Å²) in [6.07, 6.45) is 0. The van der Waals surface area contributed by atoms with Gasteiger partial charge in [0.2, 0.25) is 0 Å². The van der Waals surface area contributed by atoms with E-state index in [-0.39, 0.29) is 6.04 Å². The molecule has 0 spiro atoms. The minimum absolute atomic E-state index is 0.343. The quantitative estimate of drug-likeness (QED) is 0.796. The van der Waals surface area contributed by atoms with Crippen LogP contribution in [0.25, 0.3) is 0 Å². The molecular weight excluding hydrogens is 254 g/mol. The number of nitrogens with one attached hydrogen (secondary N) is 1. The third-order valence-electron chi connectivity index (χ3n) is 2.73. The Morgan fingerprint density at radius 2 is 2.00 bits per heavy atom. The van der Waals surface area contributed by atoms with E-state index in [1.807, 2.05) is 30.3 Å². The van der Waals surface area contributed by atoms with Crippen molar-refractivity contribution in [1.29, 1.82) is 0 Å². The molecule has 1 aromatic carbocycles. The molecule has 0 aromatic heterocycles. The van der Waals surface area contributed by atoms with Gasteiger partial charge in [-0.15, -0.1) is 11.8 Å². The normalized spacial score (nSPS) is 26.8. The molecule has 2 unspecified atom stereocenters. The predicted molar refractivity (Wildman–Crippen MR) is 67.1 cm³/mol. The van der Waals surface area contributed by atoms with Gasteiger partial charge in [-0.1, -0.05) is 30.3 Å². The standard InChI is InChI=1S/C12H13NO4S/c1-17-12(16)9-8(7-5-3-2-4-6-7)13-10(18-9)11(14)15/h2-6,8-10,13H,1H3,(H,14,15)/t8-,9?,10?/m0/s1. The van der Waals surface area contributed by atoms with Gasteiger partial charge in [-0.25, -0.2) is 4.79 Å². The number of hydrogen-bond donors (Lipinski definition) is 2. The number of carbonyl (C=O) groups excluding carboxylic acids is 1. The lowest BCUT2D eigenvalue weighted by atomic mass is 10.0. The van der Waals surface area contributed by atoms with E-state index in [0.29, 0.717) is 0 Å².